The second-order valence-electron chi connectivity index (χ2n) is 6.24. The lowest BCUT2D eigenvalue weighted by Gasteiger charge is -2.23. The summed E-state index contributed by atoms with van der Waals surface area (Å²) in [5, 5.41) is 0. The molecule has 1 heterocycles. The summed E-state index contributed by atoms with van der Waals surface area (Å²) < 4.78 is 27.6. The molecule has 1 amide bonds. The molecule has 1 aliphatic heterocycles. The van der Waals surface area contributed by atoms with Crippen LogP contribution in [0.3, 0.4) is 0 Å². The van der Waals surface area contributed by atoms with E-state index in [1.165, 1.54) is 11.2 Å². The normalized spacial score (nSPS) is 16.6. The molecule has 1 aliphatic rings. The number of hydrogen-bond acceptors (Lipinski definition) is 3. The summed E-state index contributed by atoms with van der Waals surface area (Å²) in [6.45, 7) is 5.67. The second kappa shape index (κ2) is 6.52. The van der Waals surface area contributed by atoms with E-state index in [2.05, 4.69) is 0 Å². The van der Waals surface area contributed by atoms with E-state index >= 15 is 0 Å². The first-order valence-electron chi connectivity index (χ1n) is 8.36. The summed E-state index contributed by atoms with van der Waals surface area (Å²) in [6.07, 6.45) is 0.662. The lowest BCUT2D eigenvalue weighted by molar-refractivity contribution is -0.116. The summed E-state index contributed by atoms with van der Waals surface area (Å²) in [5.41, 5.74) is 2.35. The number of benzene rings is 2. The van der Waals surface area contributed by atoms with E-state index in [0.29, 0.717) is 18.7 Å². The molecule has 6 heteroatoms. The van der Waals surface area contributed by atoms with Crippen molar-refractivity contribution in [3.63, 3.8) is 0 Å². The smallest absolute Gasteiger partial charge is 0.264 e. The fourth-order valence-electron chi connectivity index (χ4n) is 3.46. The zero-order valence-corrected chi connectivity index (χ0v) is 15.5. The Labute approximate surface area is 148 Å². The van der Waals surface area contributed by atoms with Crippen LogP contribution in [0.25, 0.3) is 0 Å². The van der Waals surface area contributed by atoms with Gasteiger partial charge >= 0.3 is 0 Å². The number of carbonyl (C=O) groups excluding carboxylic acids is 1. The molecule has 1 atom stereocenters. The van der Waals surface area contributed by atoms with Crippen molar-refractivity contribution in [1.82, 2.24) is 0 Å². The van der Waals surface area contributed by atoms with Gasteiger partial charge in [0.15, 0.2) is 0 Å². The van der Waals surface area contributed by atoms with Crippen molar-refractivity contribution in [2.75, 3.05) is 15.7 Å². The molecule has 5 nitrogen and oxygen atoms in total. The van der Waals surface area contributed by atoms with Gasteiger partial charge in [-0.2, -0.15) is 0 Å². The predicted molar refractivity (Wildman–Crippen MR) is 99.4 cm³/mol. The van der Waals surface area contributed by atoms with E-state index in [1.54, 1.807) is 35.2 Å². The van der Waals surface area contributed by atoms with Crippen LogP contribution in [0.15, 0.2) is 53.4 Å². The molecule has 2 aromatic carbocycles. The Morgan fingerprint density at radius 3 is 2.48 bits per heavy atom. The molecular formula is C19H22N2O3S. The van der Waals surface area contributed by atoms with Gasteiger partial charge in [0.2, 0.25) is 5.91 Å². The molecule has 0 aromatic heterocycles. The summed E-state index contributed by atoms with van der Waals surface area (Å²) in [7, 11) is -3.65. The van der Waals surface area contributed by atoms with Crippen LogP contribution in [0.2, 0.25) is 0 Å². The molecule has 25 heavy (non-hydrogen) atoms. The Bertz CT molecular complexity index is 894. The molecule has 0 aliphatic carbocycles. The van der Waals surface area contributed by atoms with Crippen molar-refractivity contribution in [2.45, 2.75) is 38.1 Å². The van der Waals surface area contributed by atoms with Crippen LogP contribution in [0.5, 0.6) is 0 Å². The molecule has 0 saturated carbocycles. The van der Waals surface area contributed by atoms with Crippen molar-refractivity contribution in [3.8, 4) is 0 Å². The van der Waals surface area contributed by atoms with E-state index < -0.39 is 10.0 Å². The fraction of sp³-hybridized carbons (Fsp3) is 0.316. The first-order valence-corrected chi connectivity index (χ1v) is 9.80. The molecule has 0 radical (unpaired) electrons. The number of hydrogen-bond donors (Lipinski definition) is 0. The number of nitrogens with zero attached hydrogens (tertiary/aromatic N) is 2. The number of sulfonamides is 1. The van der Waals surface area contributed by atoms with Gasteiger partial charge in [-0.3, -0.25) is 9.10 Å². The van der Waals surface area contributed by atoms with Gasteiger partial charge in [0.1, 0.15) is 0 Å². The standard InChI is InChI=1S/C19H22N2O3S/c1-4-20(17-8-6-5-7-9-17)25(23,24)18-10-11-19-16(13-18)12-14(2)21(19)15(3)22/h5-11,13-14H,4,12H2,1-3H3. The molecule has 2 aromatic rings. The Kier molecular flexibility index (Phi) is 4.56. The van der Waals surface area contributed by atoms with Crippen molar-refractivity contribution in [3.05, 3.63) is 54.1 Å². The first kappa shape index (κ1) is 17.5. The average molecular weight is 358 g/mol. The lowest BCUT2D eigenvalue weighted by Crippen LogP contribution is -2.33. The number of anilines is 2. The van der Waals surface area contributed by atoms with Gasteiger partial charge in [0.05, 0.1) is 10.6 Å². The lowest BCUT2D eigenvalue weighted by atomic mass is 10.1. The van der Waals surface area contributed by atoms with Crippen molar-refractivity contribution in [1.29, 1.82) is 0 Å². The third-order valence-electron chi connectivity index (χ3n) is 4.53. The third-order valence-corrected chi connectivity index (χ3v) is 6.42. The number of amides is 1. The summed E-state index contributed by atoms with van der Waals surface area (Å²) >= 11 is 0. The fourth-order valence-corrected chi connectivity index (χ4v) is 4.99. The molecule has 3 rings (SSSR count). The van der Waals surface area contributed by atoms with E-state index in [1.807, 2.05) is 32.0 Å². The maximum atomic E-state index is 13.1. The molecule has 0 spiro atoms. The van der Waals surface area contributed by atoms with Crippen molar-refractivity contribution in [2.24, 2.45) is 0 Å². The van der Waals surface area contributed by atoms with Crippen molar-refractivity contribution >= 4 is 27.3 Å². The van der Waals surface area contributed by atoms with Crippen LogP contribution < -0.4 is 9.21 Å². The quantitative estimate of drug-likeness (QED) is 0.843. The third kappa shape index (κ3) is 3.02. The van der Waals surface area contributed by atoms with E-state index in [9.17, 15) is 13.2 Å². The monoisotopic (exact) mass is 358 g/mol. The SMILES string of the molecule is CCN(c1ccccc1)S(=O)(=O)c1ccc2c(c1)CC(C)N2C(C)=O. The highest BCUT2D eigenvalue weighted by Crippen LogP contribution is 2.35. The summed E-state index contributed by atoms with van der Waals surface area (Å²) in [4.78, 5) is 13.8. The number of carbonyl (C=O) groups is 1. The molecule has 0 fully saturated rings. The van der Waals surface area contributed by atoms with Crippen LogP contribution in [-0.2, 0) is 21.2 Å². The van der Waals surface area contributed by atoms with Crippen LogP contribution in [0.1, 0.15) is 26.3 Å². The zero-order chi connectivity index (χ0) is 18.2. The van der Waals surface area contributed by atoms with Gasteiger partial charge in [-0.1, -0.05) is 18.2 Å². The Morgan fingerprint density at radius 2 is 1.88 bits per heavy atom. The van der Waals surface area contributed by atoms with Crippen LogP contribution >= 0.6 is 0 Å². The average Bonchev–Trinajstić information content (AvgIpc) is 2.91. The minimum Gasteiger partial charge on any atom is -0.309 e. The van der Waals surface area contributed by atoms with Gasteiger partial charge in [-0.25, -0.2) is 8.42 Å². The highest BCUT2D eigenvalue weighted by molar-refractivity contribution is 7.92. The Balaban J connectivity index is 2.02. The van der Waals surface area contributed by atoms with Crippen molar-refractivity contribution < 1.29 is 13.2 Å². The molecule has 1 unspecified atom stereocenters. The van der Waals surface area contributed by atoms with Crippen LogP contribution in [0.4, 0.5) is 11.4 Å². The minimum absolute atomic E-state index is 0.0265. The molecule has 132 valence electrons. The minimum atomic E-state index is -3.65. The highest BCUT2D eigenvalue weighted by atomic mass is 32.2. The largest absolute Gasteiger partial charge is 0.309 e. The number of fused-ring (bicyclic) bond motifs is 1. The Hall–Kier alpha value is -2.34. The maximum Gasteiger partial charge on any atom is 0.264 e. The zero-order valence-electron chi connectivity index (χ0n) is 14.6. The molecular weight excluding hydrogens is 336 g/mol. The number of rotatable bonds is 4. The molecule has 0 N–H and O–H groups in total. The molecule has 0 bridgehead atoms. The summed E-state index contributed by atoms with van der Waals surface area (Å²) in [5.74, 6) is -0.0265. The van der Waals surface area contributed by atoms with Gasteiger partial charge < -0.3 is 4.90 Å². The highest BCUT2D eigenvalue weighted by Gasteiger charge is 2.31. The molecule has 0 saturated heterocycles. The first-order chi connectivity index (χ1) is 11.9. The van der Waals surface area contributed by atoms with Crippen LogP contribution in [0, 0.1) is 0 Å². The van der Waals surface area contributed by atoms with Gasteiger partial charge in [0.25, 0.3) is 10.0 Å². The predicted octanol–water partition coefficient (Wildman–Crippen LogP) is 3.20. The van der Waals surface area contributed by atoms with E-state index in [-0.39, 0.29) is 16.8 Å². The van der Waals surface area contributed by atoms with E-state index in [4.69, 9.17) is 0 Å². The maximum absolute atomic E-state index is 13.1. The van der Waals surface area contributed by atoms with Gasteiger partial charge in [0, 0.05) is 25.2 Å². The van der Waals surface area contributed by atoms with E-state index in [0.717, 1.165) is 11.3 Å². The van der Waals surface area contributed by atoms with Gasteiger partial charge in [-0.15, -0.1) is 0 Å². The Morgan fingerprint density at radius 1 is 1.20 bits per heavy atom. The second-order valence-corrected chi connectivity index (χ2v) is 8.10. The van der Waals surface area contributed by atoms with Crippen LogP contribution in [-0.4, -0.2) is 26.9 Å². The number of para-hydroxylation sites is 1. The summed E-state index contributed by atoms with van der Waals surface area (Å²) in [6, 6.07) is 14.2. The topological polar surface area (TPSA) is 57.7 Å². The van der Waals surface area contributed by atoms with Gasteiger partial charge in [-0.05, 0) is 56.2 Å².